The zero-order valence-corrected chi connectivity index (χ0v) is 19.3. The number of carbonyl (C=O) groups excluding carboxylic acids is 1. The number of amides is 1. The van der Waals surface area contributed by atoms with Crippen molar-refractivity contribution in [2.24, 2.45) is 4.99 Å². The highest BCUT2D eigenvalue weighted by atomic mass is 127. The molecule has 1 aromatic carbocycles. The van der Waals surface area contributed by atoms with Gasteiger partial charge >= 0.3 is 0 Å². The molecule has 0 aliphatic carbocycles. The predicted molar refractivity (Wildman–Crippen MR) is 120 cm³/mol. The van der Waals surface area contributed by atoms with Crippen LogP contribution in [0.1, 0.15) is 18.4 Å². The van der Waals surface area contributed by atoms with Crippen LogP contribution >= 0.6 is 35.6 Å². The summed E-state index contributed by atoms with van der Waals surface area (Å²) < 4.78 is 22.8. The molecule has 27 heavy (non-hydrogen) atoms. The predicted octanol–water partition coefficient (Wildman–Crippen LogP) is 1.66. The van der Waals surface area contributed by atoms with Crippen molar-refractivity contribution in [1.29, 1.82) is 0 Å². The summed E-state index contributed by atoms with van der Waals surface area (Å²) in [5.41, 5.74) is 1.10. The molecule has 0 radical (unpaired) electrons. The number of sulfone groups is 1. The van der Waals surface area contributed by atoms with Gasteiger partial charge in [0.15, 0.2) is 15.8 Å². The molecule has 1 aliphatic heterocycles. The molecule has 1 atom stereocenters. The third-order valence-electron chi connectivity index (χ3n) is 4.14. The van der Waals surface area contributed by atoms with Crippen LogP contribution in [0.2, 0.25) is 5.02 Å². The number of guanidine groups is 1. The summed E-state index contributed by atoms with van der Waals surface area (Å²) in [4.78, 5) is 18.1. The molecule has 1 heterocycles. The molecule has 0 aromatic heterocycles. The first-order chi connectivity index (χ1) is 12.3. The van der Waals surface area contributed by atoms with Gasteiger partial charge in [0.25, 0.3) is 0 Å². The fourth-order valence-electron chi connectivity index (χ4n) is 2.82. The maximum atomic E-state index is 12.0. The smallest absolute Gasteiger partial charge is 0.222 e. The van der Waals surface area contributed by atoms with E-state index in [1.165, 1.54) is 0 Å². The Morgan fingerprint density at radius 2 is 2.00 bits per heavy atom. The standard InChI is InChI=1S/C17H25ClN4O3S.HI/c1-19-17(22(2)11-13-3-5-14(18)6-4-13)20-9-7-16(23)21-15-8-10-26(24,25)12-15;/h3-6,15H,7-12H2,1-2H3,(H,19,20)(H,21,23);1H. The number of hydrogen-bond donors (Lipinski definition) is 2. The number of hydrogen-bond acceptors (Lipinski definition) is 4. The van der Waals surface area contributed by atoms with E-state index in [1.807, 2.05) is 36.2 Å². The molecule has 10 heteroatoms. The maximum Gasteiger partial charge on any atom is 0.222 e. The van der Waals surface area contributed by atoms with Crippen LogP contribution < -0.4 is 10.6 Å². The van der Waals surface area contributed by atoms with Crippen LogP contribution in [0.4, 0.5) is 0 Å². The van der Waals surface area contributed by atoms with Gasteiger partial charge in [-0.3, -0.25) is 9.79 Å². The first-order valence-electron chi connectivity index (χ1n) is 8.45. The molecule has 1 aromatic rings. The minimum atomic E-state index is -2.99. The molecule has 1 amide bonds. The van der Waals surface area contributed by atoms with Crippen LogP contribution in [0.5, 0.6) is 0 Å². The number of nitrogens with one attached hydrogen (secondary N) is 2. The first-order valence-corrected chi connectivity index (χ1v) is 10.6. The van der Waals surface area contributed by atoms with Gasteiger partial charge in [0.05, 0.1) is 11.5 Å². The molecular weight excluding hydrogens is 503 g/mol. The van der Waals surface area contributed by atoms with E-state index in [0.29, 0.717) is 30.5 Å². The van der Waals surface area contributed by atoms with Gasteiger partial charge in [0, 0.05) is 44.7 Å². The largest absolute Gasteiger partial charge is 0.356 e. The van der Waals surface area contributed by atoms with Crippen LogP contribution in [0.3, 0.4) is 0 Å². The van der Waals surface area contributed by atoms with E-state index in [4.69, 9.17) is 11.6 Å². The highest BCUT2D eigenvalue weighted by Gasteiger charge is 2.28. The number of nitrogens with zero attached hydrogens (tertiary/aromatic N) is 2. The van der Waals surface area contributed by atoms with E-state index >= 15 is 0 Å². The van der Waals surface area contributed by atoms with Gasteiger partial charge in [-0.2, -0.15) is 0 Å². The second-order valence-corrected chi connectivity index (χ2v) is 9.04. The van der Waals surface area contributed by atoms with Crippen LogP contribution in [-0.4, -0.2) is 63.4 Å². The van der Waals surface area contributed by atoms with Gasteiger partial charge in [-0.15, -0.1) is 24.0 Å². The Labute approximate surface area is 182 Å². The Balaban J connectivity index is 0.00000364. The summed E-state index contributed by atoms with van der Waals surface area (Å²) in [5.74, 6) is 0.710. The normalized spacial score (nSPS) is 18.5. The Bertz CT molecular complexity index is 756. The van der Waals surface area contributed by atoms with Crippen molar-refractivity contribution in [3.63, 3.8) is 0 Å². The topological polar surface area (TPSA) is 90.9 Å². The average molecular weight is 529 g/mol. The molecule has 2 N–H and O–H groups in total. The average Bonchev–Trinajstić information content (AvgIpc) is 2.92. The van der Waals surface area contributed by atoms with E-state index in [2.05, 4.69) is 15.6 Å². The summed E-state index contributed by atoms with van der Waals surface area (Å²) >= 11 is 5.89. The van der Waals surface area contributed by atoms with Crippen LogP contribution in [0.15, 0.2) is 29.3 Å². The minimum absolute atomic E-state index is 0. The quantitative estimate of drug-likeness (QED) is 0.333. The van der Waals surface area contributed by atoms with Gasteiger partial charge in [0.1, 0.15) is 0 Å². The lowest BCUT2D eigenvalue weighted by atomic mass is 10.2. The van der Waals surface area contributed by atoms with E-state index in [9.17, 15) is 13.2 Å². The molecule has 1 saturated heterocycles. The molecule has 1 fully saturated rings. The van der Waals surface area contributed by atoms with E-state index in [-0.39, 0.29) is 53.9 Å². The number of halogens is 2. The van der Waals surface area contributed by atoms with Crippen molar-refractivity contribution < 1.29 is 13.2 Å². The summed E-state index contributed by atoms with van der Waals surface area (Å²) in [6.07, 6.45) is 0.747. The number of carbonyl (C=O) groups is 1. The number of rotatable bonds is 6. The molecule has 0 bridgehead atoms. The maximum absolute atomic E-state index is 12.0. The highest BCUT2D eigenvalue weighted by Crippen LogP contribution is 2.12. The molecule has 1 aliphatic rings. The molecule has 2 rings (SSSR count). The van der Waals surface area contributed by atoms with Gasteiger partial charge in [-0.1, -0.05) is 23.7 Å². The number of aliphatic imine (C=N–C) groups is 1. The zero-order valence-electron chi connectivity index (χ0n) is 15.4. The monoisotopic (exact) mass is 528 g/mol. The lowest BCUT2D eigenvalue weighted by Gasteiger charge is -2.22. The van der Waals surface area contributed by atoms with E-state index in [1.54, 1.807) is 7.05 Å². The summed E-state index contributed by atoms with van der Waals surface area (Å²) in [5, 5.41) is 6.61. The van der Waals surface area contributed by atoms with Crippen LogP contribution in [0, 0.1) is 0 Å². The summed E-state index contributed by atoms with van der Waals surface area (Å²) in [7, 11) is 0.608. The molecule has 152 valence electrons. The van der Waals surface area contributed by atoms with Crippen molar-refractivity contribution in [2.75, 3.05) is 32.1 Å². The fraction of sp³-hybridized carbons (Fsp3) is 0.529. The summed E-state index contributed by atoms with van der Waals surface area (Å²) in [6.45, 7) is 1.08. The molecule has 1 unspecified atom stereocenters. The highest BCUT2D eigenvalue weighted by molar-refractivity contribution is 14.0. The van der Waals surface area contributed by atoms with Gasteiger partial charge in [0.2, 0.25) is 5.91 Å². The van der Waals surface area contributed by atoms with Gasteiger partial charge < -0.3 is 15.5 Å². The first kappa shape index (κ1) is 24.0. The molecule has 0 saturated carbocycles. The fourth-order valence-corrected chi connectivity index (χ4v) is 4.62. The van der Waals surface area contributed by atoms with E-state index in [0.717, 1.165) is 5.56 Å². The Morgan fingerprint density at radius 3 is 2.56 bits per heavy atom. The SMILES string of the molecule is CN=C(NCCC(=O)NC1CCS(=O)(=O)C1)N(C)Cc1ccc(Cl)cc1.I. The van der Waals surface area contributed by atoms with Gasteiger partial charge in [-0.05, 0) is 24.1 Å². The van der Waals surface area contributed by atoms with Crippen LogP contribution in [0.25, 0.3) is 0 Å². The summed E-state index contributed by atoms with van der Waals surface area (Å²) in [6, 6.07) is 7.33. The number of benzene rings is 1. The van der Waals surface area contributed by atoms with Crippen LogP contribution in [-0.2, 0) is 21.2 Å². The lowest BCUT2D eigenvalue weighted by Crippen LogP contribution is -2.41. The molecule has 7 nitrogen and oxygen atoms in total. The zero-order chi connectivity index (χ0) is 19.2. The van der Waals surface area contributed by atoms with Crippen molar-refractivity contribution in [1.82, 2.24) is 15.5 Å². The third-order valence-corrected chi connectivity index (χ3v) is 6.16. The van der Waals surface area contributed by atoms with Crippen molar-refractivity contribution in [2.45, 2.75) is 25.4 Å². The second kappa shape index (κ2) is 11.1. The minimum Gasteiger partial charge on any atom is -0.356 e. The Morgan fingerprint density at radius 1 is 1.33 bits per heavy atom. The molecular formula is C17H26ClIN4O3S. The molecule has 0 spiro atoms. The Hall–Kier alpha value is -1.07. The van der Waals surface area contributed by atoms with Crippen molar-refractivity contribution >= 4 is 57.3 Å². The Kier molecular flexibility index (Phi) is 9.82. The third kappa shape index (κ3) is 8.22. The van der Waals surface area contributed by atoms with Gasteiger partial charge in [-0.25, -0.2) is 8.42 Å². The lowest BCUT2D eigenvalue weighted by molar-refractivity contribution is -0.121. The van der Waals surface area contributed by atoms with E-state index < -0.39 is 9.84 Å². The van der Waals surface area contributed by atoms with Crippen molar-refractivity contribution in [3.8, 4) is 0 Å². The second-order valence-electron chi connectivity index (χ2n) is 6.37. The van der Waals surface area contributed by atoms with Crippen molar-refractivity contribution in [3.05, 3.63) is 34.9 Å².